The van der Waals surface area contributed by atoms with Crippen LogP contribution in [0.2, 0.25) is 0 Å². The molecule has 3 heterocycles. The molecule has 0 spiro atoms. The Morgan fingerprint density at radius 3 is 2.34 bits per heavy atom. The summed E-state index contributed by atoms with van der Waals surface area (Å²) in [6.07, 6.45) is 6.86. The molecule has 3 fully saturated rings. The number of carbonyl (C=O) groups is 1. The van der Waals surface area contributed by atoms with Gasteiger partial charge in [0.25, 0.3) is 0 Å². The number of nitrogens with zero attached hydrogens (tertiary/aromatic N) is 5. The minimum Gasteiger partial charge on any atom is -0.465 e. The molecular weight excluding hydrogens is 459 g/mol. The van der Waals surface area contributed by atoms with Gasteiger partial charge in [0, 0.05) is 17.7 Å². The summed E-state index contributed by atoms with van der Waals surface area (Å²) in [5.41, 5.74) is 0.0463. The highest BCUT2D eigenvalue weighted by molar-refractivity contribution is 5.93. The van der Waals surface area contributed by atoms with E-state index in [1.165, 1.54) is 33.5 Å². The molecule has 2 aliphatic carbocycles. The van der Waals surface area contributed by atoms with E-state index in [0.717, 1.165) is 55.9 Å². The van der Waals surface area contributed by atoms with Crippen LogP contribution in [-0.4, -0.2) is 55.1 Å². The number of anilines is 1. The first kappa shape index (κ1) is 24.2. The maximum absolute atomic E-state index is 16.8. The molecule has 2 saturated carbocycles. The van der Waals surface area contributed by atoms with Gasteiger partial charge in [0.2, 0.25) is 11.6 Å². The summed E-state index contributed by atoms with van der Waals surface area (Å²) in [5.74, 6) is -5.86. The van der Waals surface area contributed by atoms with Crippen LogP contribution in [0.25, 0.3) is 11.0 Å². The predicted octanol–water partition coefficient (Wildman–Crippen LogP) is 6.31. The first-order chi connectivity index (χ1) is 16.4. The molecule has 192 valence electrons. The highest BCUT2D eigenvalue weighted by Gasteiger charge is 2.70. The van der Waals surface area contributed by atoms with Gasteiger partial charge in [-0.25, -0.2) is 27.9 Å². The molecule has 5 rings (SSSR count). The molecule has 1 aliphatic heterocycles. The lowest BCUT2D eigenvalue weighted by atomic mass is 9.75. The topological polar surface area (TPSA) is 74.5 Å². The number of halogens is 3. The van der Waals surface area contributed by atoms with Gasteiger partial charge in [-0.15, -0.1) is 0 Å². The molecule has 3 atom stereocenters. The van der Waals surface area contributed by atoms with E-state index < -0.39 is 35.9 Å². The van der Waals surface area contributed by atoms with E-state index in [0.29, 0.717) is 11.0 Å². The van der Waals surface area contributed by atoms with Crippen LogP contribution in [0, 0.1) is 5.41 Å². The van der Waals surface area contributed by atoms with Crippen LogP contribution in [0.4, 0.5) is 23.8 Å². The third-order valence-corrected chi connectivity index (χ3v) is 8.10. The molecule has 1 saturated heterocycles. The van der Waals surface area contributed by atoms with Crippen molar-refractivity contribution in [1.82, 2.24) is 19.4 Å². The summed E-state index contributed by atoms with van der Waals surface area (Å²) in [6, 6.07) is 0.248. The van der Waals surface area contributed by atoms with E-state index in [9.17, 15) is 9.90 Å². The smallest absolute Gasteiger partial charge is 0.410 e. The van der Waals surface area contributed by atoms with Gasteiger partial charge in [0.15, 0.2) is 6.30 Å². The number of carboxylic acid groups (broad SMARTS) is 1. The van der Waals surface area contributed by atoms with Crippen LogP contribution < -0.4 is 4.90 Å². The Kier molecular flexibility index (Phi) is 5.53. The van der Waals surface area contributed by atoms with Gasteiger partial charge in [-0.3, -0.25) is 9.80 Å². The van der Waals surface area contributed by atoms with E-state index in [4.69, 9.17) is 0 Å². The predicted molar refractivity (Wildman–Crippen MR) is 127 cm³/mol. The number of piperazine rings is 1. The molecular formula is C25H34F3N5O2. The number of hydrogen-bond donors (Lipinski definition) is 1. The molecule has 7 nitrogen and oxygen atoms in total. The van der Waals surface area contributed by atoms with Crippen molar-refractivity contribution in [3.63, 3.8) is 0 Å². The number of rotatable bonds is 3. The molecule has 10 heteroatoms. The zero-order valence-corrected chi connectivity index (χ0v) is 20.8. The van der Waals surface area contributed by atoms with E-state index in [1.54, 1.807) is 0 Å². The summed E-state index contributed by atoms with van der Waals surface area (Å²) in [7, 11) is 0. The summed E-state index contributed by atoms with van der Waals surface area (Å²) >= 11 is 0. The second kappa shape index (κ2) is 8.00. The molecule has 1 amide bonds. The second-order valence-corrected chi connectivity index (χ2v) is 11.5. The Bertz CT molecular complexity index is 1140. The second-order valence-electron chi connectivity index (χ2n) is 11.5. The van der Waals surface area contributed by atoms with Crippen LogP contribution in [0.5, 0.6) is 0 Å². The number of alkyl halides is 3. The van der Waals surface area contributed by atoms with E-state index in [2.05, 4.69) is 20.7 Å². The molecule has 2 unspecified atom stereocenters. The Labute approximate surface area is 203 Å². The molecule has 0 bridgehead atoms. The summed E-state index contributed by atoms with van der Waals surface area (Å²) in [5, 5.41) is 10.2. The molecule has 0 aromatic carbocycles. The Morgan fingerprint density at radius 1 is 1.11 bits per heavy atom. The zero-order valence-electron chi connectivity index (χ0n) is 20.8. The summed E-state index contributed by atoms with van der Waals surface area (Å²) < 4.78 is 51.4. The van der Waals surface area contributed by atoms with Crippen molar-refractivity contribution >= 4 is 22.9 Å². The lowest BCUT2D eigenvalue weighted by Crippen LogP contribution is -2.78. The SMILES string of the molecule is CC(C)(C)[C@@]1(F)N(C(=O)O)CC(F)N(c2ncnc3c2c(C2CC2)cn3C2CCCCC2)C1(C)F. The molecule has 3 aliphatic rings. The Balaban J connectivity index is 1.71. The number of hydrogen-bond acceptors (Lipinski definition) is 4. The molecule has 2 aromatic heterocycles. The van der Waals surface area contributed by atoms with Gasteiger partial charge in [-0.05, 0) is 44.1 Å². The first-order valence-electron chi connectivity index (χ1n) is 12.6. The van der Waals surface area contributed by atoms with E-state index in [1.807, 2.05) is 0 Å². The van der Waals surface area contributed by atoms with Gasteiger partial charge in [0.1, 0.15) is 17.8 Å². The third-order valence-electron chi connectivity index (χ3n) is 8.10. The van der Waals surface area contributed by atoms with Crippen LogP contribution in [0.3, 0.4) is 0 Å². The third kappa shape index (κ3) is 3.49. The van der Waals surface area contributed by atoms with Gasteiger partial charge in [-0.2, -0.15) is 0 Å². The van der Waals surface area contributed by atoms with E-state index in [-0.39, 0.29) is 22.7 Å². The van der Waals surface area contributed by atoms with Crippen molar-refractivity contribution in [2.45, 2.75) is 102 Å². The van der Waals surface area contributed by atoms with Crippen molar-refractivity contribution in [2.24, 2.45) is 5.41 Å². The van der Waals surface area contributed by atoms with Crippen LogP contribution in [0.1, 0.15) is 90.2 Å². The fourth-order valence-electron chi connectivity index (χ4n) is 6.28. The van der Waals surface area contributed by atoms with Crippen molar-refractivity contribution in [3.05, 3.63) is 18.1 Å². The van der Waals surface area contributed by atoms with Crippen molar-refractivity contribution in [3.8, 4) is 0 Å². The van der Waals surface area contributed by atoms with Gasteiger partial charge in [0.05, 0.1) is 11.9 Å². The first-order valence-corrected chi connectivity index (χ1v) is 12.6. The molecule has 1 N–H and O–H groups in total. The minimum absolute atomic E-state index is 0.0136. The summed E-state index contributed by atoms with van der Waals surface area (Å²) in [4.78, 5) is 21.8. The lowest BCUT2D eigenvalue weighted by Gasteiger charge is -2.58. The van der Waals surface area contributed by atoms with E-state index >= 15 is 13.2 Å². The molecule has 2 aromatic rings. The zero-order chi connectivity index (χ0) is 25.3. The standard InChI is InChI=1S/C25H34F3N5O2/c1-23(2,3)25(28)24(4,27)33(18(26)13-32(25)22(34)35)21-19-17(15-10-11-15)12-31(20(19)29-14-30-21)16-8-6-5-7-9-16/h12,14-16,18H,5-11,13H2,1-4H3,(H,34,35)/t18?,24?,25-/m1/s1. The highest BCUT2D eigenvalue weighted by Crippen LogP contribution is 2.55. The average molecular weight is 494 g/mol. The number of fused-ring (bicyclic) bond motifs is 1. The van der Waals surface area contributed by atoms with Crippen LogP contribution >= 0.6 is 0 Å². The molecule has 0 radical (unpaired) electrons. The van der Waals surface area contributed by atoms with Crippen molar-refractivity contribution in [2.75, 3.05) is 11.4 Å². The van der Waals surface area contributed by atoms with Gasteiger partial charge in [-0.1, -0.05) is 40.0 Å². The number of amides is 1. The highest BCUT2D eigenvalue weighted by atomic mass is 19.2. The number of aromatic nitrogens is 3. The summed E-state index contributed by atoms with van der Waals surface area (Å²) in [6.45, 7) is 4.34. The monoisotopic (exact) mass is 493 g/mol. The fourth-order valence-corrected chi connectivity index (χ4v) is 6.28. The van der Waals surface area contributed by atoms with Gasteiger partial charge < -0.3 is 9.67 Å². The van der Waals surface area contributed by atoms with Crippen molar-refractivity contribution in [1.29, 1.82) is 0 Å². The van der Waals surface area contributed by atoms with Gasteiger partial charge >= 0.3 is 6.09 Å². The fraction of sp³-hybridized carbons (Fsp3) is 0.720. The average Bonchev–Trinajstić information content (AvgIpc) is 3.56. The minimum atomic E-state index is -3.05. The molecule has 35 heavy (non-hydrogen) atoms. The normalized spacial score (nSPS) is 30.8. The van der Waals surface area contributed by atoms with Crippen LogP contribution in [0.15, 0.2) is 12.5 Å². The quantitative estimate of drug-likeness (QED) is 0.508. The Morgan fingerprint density at radius 2 is 1.77 bits per heavy atom. The van der Waals surface area contributed by atoms with Crippen LogP contribution in [-0.2, 0) is 0 Å². The Hall–Kier alpha value is -2.52. The lowest BCUT2D eigenvalue weighted by molar-refractivity contribution is -0.218. The van der Waals surface area contributed by atoms with Crippen molar-refractivity contribution < 1.29 is 23.1 Å². The largest absolute Gasteiger partial charge is 0.465 e. The maximum Gasteiger partial charge on any atom is 0.410 e. The maximum atomic E-state index is 16.8.